The Balaban J connectivity index is 2.50. The molecule has 1 heterocycles. The predicted molar refractivity (Wildman–Crippen MR) is 62.8 cm³/mol. The van der Waals surface area contributed by atoms with Crippen molar-refractivity contribution in [1.29, 1.82) is 0 Å². The molecule has 0 aromatic rings. The SMILES string of the molecule is O=CNCC(=O)N1CCCC1C(=O)NCC(=O)CF. The molecule has 2 N–H and O–H groups in total. The number of ketones is 1. The topological polar surface area (TPSA) is 95.6 Å². The van der Waals surface area contributed by atoms with E-state index in [0.29, 0.717) is 25.8 Å². The van der Waals surface area contributed by atoms with Crippen molar-refractivity contribution in [3.8, 4) is 0 Å². The summed E-state index contributed by atoms with van der Waals surface area (Å²) in [7, 11) is 0. The number of nitrogens with zero attached hydrogens (tertiary/aromatic N) is 1. The van der Waals surface area contributed by atoms with Crippen LogP contribution in [0.15, 0.2) is 0 Å². The third-order valence-corrected chi connectivity index (χ3v) is 2.82. The first-order valence-electron chi connectivity index (χ1n) is 5.92. The highest BCUT2D eigenvalue weighted by Crippen LogP contribution is 2.17. The fourth-order valence-electron chi connectivity index (χ4n) is 1.92. The van der Waals surface area contributed by atoms with E-state index < -0.39 is 24.4 Å². The van der Waals surface area contributed by atoms with Gasteiger partial charge < -0.3 is 15.5 Å². The summed E-state index contributed by atoms with van der Waals surface area (Å²) in [5, 5.41) is 4.54. The monoisotopic (exact) mass is 273 g/mol. The molecule has 8 heteroatoms. The number of nitrogens with one attached hydrogen (secondary N) is 2. The van der Waals surface area contributed by atoms with Gasteiger partial charge in [-0.3, -0.25) is 19.2 Å². The molecule has 106 valence electrons. The molecular formula is C11H16FN3O4. The second kappa shape index (κ2) is 7.45. The van der Waals surface area contributed by atoms with Crippen LogP contribution in [-0.4, -0.2) is 61.3 Å². The summed E-state index contributed by atoms with van der Waals surface area (Å²) in [6.45, 7) is -1.25. The molecule has 19 heavy (non-hydrogen) atoms. The smallest absolute Gasteiger partial charge is 0.243 e. The van der Waals surface area contributed by atoms with Crippen LogP contribution in [0, 0.1) is 0 Å². The largest absolute Gasteiger partial charge is 0.350 e. The van der Waals surface area contributed by atoms with E-state index in [9.17, 15) is 23.6 Å². The van der Waals surface area contributed by atoms with Crippen molar-refractivity contribution >= 4 is 24.0 Å². The molecule has 1 aliphatic heterocycles. The molecule has 0 aromatic carbocycles. The van der Waals surface area contributed by atoms with Crippen molar-refractivity contribution in [1.82, 2.24) is 15.5 Å². The van der Waals surface area contributed by atoms with Crippen LogP contribution >= 0.6 is 0 Å². The highest BCUT2D eigenvalue weighted by atomic mass is 19.1. The Bertz CT molecular complexity index is 375. The zero-order valence-corrected chi connectivity index (χ0v) is 10.4. The first kappa shape index (κ1) is 15.1. The van der Waals surface area contributed by atoms with Gasteiger partial charge in [0.2, 0.25) is 18.2 Å². The van der Waals surface area contributed by atoms with E-state index >= 15 is 0 Å². The molecule has 1 atom stereocenters. The fourth-order valence-corrected chi connectivity index (χ4v) is 1.92. The fraction of sp³-hybridized carbons (Fsp3) is 0.636. The highest BCUT2D eigenvalue weighted by molar-refractivity contribution is 5.92. The minimum atomic E-state index is -1.13. The number of hydrogen-bond donors (Lipinski definition) is 2. The highest BCUT2D eigenvalue weighted by Gasteiger charge is 2.33. The molecule has 0 spiro atoms. The third kappa shape index (κ3) is 4.31. The van der Waals surface area contributed by atoms with Crippen LogP contribution in [0.3, 0.4) is 0 Å². The van der Waals surface area contributed by atoms with Gasteiger partial charge in [-0.25, -0.2) is 4.39 Å². The van der Waals surface area contributed by atoms with E-state index in [0.717, 1.165) is 0 Å². The summed E-state index contributed by atoms with van der Waals surface area (Å²) in [4.78, 5) is 45.7. The summed E-state index contributed by atoms with van der Waals surface area (Å²) in [6, 6.07) is -0.659. The maximum Gasteiger partial charge on any atom is 0.243 e. The zero-order valence-electron chi connectivity index (χ0n) is 10.4. The Morgan fingerprint density at radius 2 is 2.05 bits per heavy atom. The van der Waals surface area contributed by atoms with Crippen molar-refractivity contribution in [3.63, 3.8) is 0 Å². The summed E-state index contributed by atoms with van der Waals surface area (Å²) in [5.74, 6) is -1.55. The number of carbonyl (C=O) groups excluding carboxylic acids is 4. The van der Waals surface area contributed by atoms with Gasteiger partial charge in [-0.15, -0.1) is 0 Å². The summed E-state index contributed by atoms with van der Waals surface area (Å²) in [5.41, 5.74) is 0. The molecule has 3 amide bonds. The van der Waals surface area contributed by atoms with Crippen molar-refractivity contribution < 1.29 is 23.6 Å². The van der Waals surface area contributed by atoms with Crippen LogP contribution in [0.5, 0.6) is 0 Å². The molecule has 0 bridgehead atoms. The van der Waals surface area contributed by atoms with E-state index in [4.69, 9.17) is 0 Å². The maximum absolute atomic E-state index is 12.0. The molecule has 0 radical (unpaired) electrons. The second-order valence-electron chi connectivity index (χ2n) is 4.13. The molecule has 1 aliphatic rings. The Labute approximate surface area is 109 Å². The molecule has 1 saturated heterocycles. The van der Waals surface area contributed by atoms with Gasteiger partial charge in [0, 0.05) is 6.54 Å². The number of Topliss-reactive ketones (excluding diaryl/α,β-unsaturated/α-hetero) is 1. The number of amides is 3. The minimum absolute atomic E-state index is 0.170. The summed E-state index contributed by atoms with van der Waals surface area (Å²) >= 11 is 0. The summed E-state index contributed by atoms with van der Waals surface area (Å²) < 4.78 is 12.0. The van der Waals surface area contributed by atoms with Gasteiger partial charge in [-0.1, -0.05) is 0 Å². The van der Waals surface area contributed by atoms with Crippen LogP contribution in [0.1, 0.15) is 12.8 Å². The van der Waals surface area contributed by atoms with Crippen molar-refractivity contribution in [2.75, 3.05) is 26.3 Å². The number of carbonyl (C=O) groups is 4. The number of likely N-dealkylation sites (tertiary alicyclic amines) is 1. The Morgan fingerprint density at radius 3 is 2.68 bits per heavy atom. The van der Waals surface area contributed by atoms with Gasteiger partial charge >= 0.3 is 0 Å². The third-order valence-electron chi connectivity index (χ3n) is 2.82. The molecule has 0 aliphatic carbocycles. The molecule has 1 rings (SSSR count). The lowest BCUT2D eigenvalue weighted by Crippen LogP contribution is -2.49. The van der Waals surface area contributed by atoms with E-state index in [2.05, 4.69) is 10.6 Å². The van der Waals surface area contributed by atoms with Gasteiger partial charge in [-0.2, -0.15) is 0 Å². The zero-order chi connectivity index (χ0) is 14.3. The van der Waals surface area contributed by atoms with Crippen molar-refractivity contribution in [3.05, 3.63) is 0 Å². The molecule has 0 aromatic heterocycles. The molecular weight excluding hydrogens is 257 g/mol. The number of hydrogen-bond acceptors (Lipinski definition) is 4. The van der Waals surface area contributed by atoms with Crippen LogP contribution in [0.2, 0.25) is 0 Å². The standard InChI is InChI=1S/C11H16FN3O4/c12-4-8(17)5-14-11(19)9-2-1-3-15(9)10(18)6-13-7-16/h7,9H,1-6H2,(H,13,16)(H,14,19). The van der Waals surface area contributed by atoms with E-state index in [1.54, 1.807) is 0 Å². The first-order chi connectivity index (χ1) is 9.10. The van der Waals surface area contributed by atoms with Crippen LogP contribution in [-0.2, 0) is 19.2 Å². The number of rotatable bonds is 7. The van der Waals surface area contributed by atoms with Crippen molar-refractivity contribution in [2.45, 2.75) is 18.9 Å². The average Bonchev–Trinajstić information content (AvgIpc) is 2.91. The summed E-state index contributed by atoms with van der Waals surface area (Å²) in [6.07, 6.45) is 1.56. The van der Waals surface area contributed by atoms with Gasteiger partial charge in [0.15, 0.2) is 5.78 Å². The molecule has 1 unspecified atom stereocenters. The lowest BCUT2D eigenvalue weighted by Gasteiger charge is -2.23. The van der Waals surface area contributed by atoms with Gasteiger partial charge in [0.25, 0.3) is 0 Å². The Morgan fingerprint density at radius 1 is 1.32 bits per heavy atom. The van der Waals surface area contributed by atoms with Crippen molar-refractivity contribution in [2.24, 2.45) is 0 Å². The lowest BCUT2D eigenvalue weighted by atomic mass is 10.2. The molecule has 7 nitrogen and oxygen atoms in total. The van der Waals surface area contributed by atoms with Gasteiger partial charge in [0.05, 0.1) is 13.1 Å². The van der Waals surface area contributed by atoms with E-state index in [-0.39, 0.29) is 19.0 Å². The average molecular weight is 273 g/mol. The predicted octanol–water partition coefficient (Wildman–Crippen LogP) is -1.62. The Kier molecular flexibility index (Phi) is 5.91. The minimum Gasteiger partial charge on any atom is -0.350 e. The number of alkyl halides is 1. The van der Waals surface area contributed by atoms with Crippen LogP contribution in [0.4, 0.5) is 4.39 Å². The first-order valence-corrected chi connectivity index (χ1v) is 5.92. The number of halogens is 1. The second-order valence-corrected chi connectivity index (χ2v) is 4.13. The van der Waals surface area contributed by atoms with E-state index in [1.165, 1.54) is 4.90 Å². The van der Waals surface area contributed by atoms with Crippen LogP contribution < -0.4 is 10.6 Å². The van der Waals surface area contributed by atoms with Gasteiger partial charge in [0.1, 0.15) is 12.7 Å². The molecule has 1 fully saturated rings. The van der Waals surface area contributed by atoms with E-state index in [1.807, 2.05) is 0 Å². The van der Waals surface area contributed by atoms with Gasteiger partial charge in [-0.05, 0) is 12.8 Å². The maximum atomic E-state index is 12.0. The van der Waals surface area contributed by atoms with Crippen LogP contribution in [0.25, 0.3) is 0 Å². The quantitative estimate of drug-likeness (QED) is 0.545. The lowest BCUT2D eigenvalue weighted by molar-refractivity contribution is -0.138. The molecule has 0 saturated carbocycles. The Hall–Kier alpha value is -1.99. The normalized spacial score (nSPS) is 17.9.